The van der Waals surface area contributed by atoms with Crippen LogP contribution in [0.2, 0.25) is 0 Å². The van der Waals surface area contributed by atoms with Gasteiger partial charge in [0.1, 0.15) is 5.82 Å². The summed E-state index contributed by atoms with van der Waals surface area (Å²) in [6.45, 7) is 4.09. The molecule has 1 N–H and O–H groups in total. The van der Waals surface area contributed by atoms with Crippen molar-refractivity contribution in [1.29, 1.82) is 0 Å². The van der Waals surface area contributed by atoms with Crippen LogP contribution in [0, 0.1) is 12.7 Å². The minimum atomic E-state index is -4.71. The topological polar surface area (TPSA) is 41.5 Å². The van der Waals surface area contributed by atoms with Crippen LogP contribution in [0.1, 0.15) is 31.0 Å². The molecule has 0 fully saturated rings. The highest BCUT2D eigenvalue weighted by molar-refractivity contribution is 8.16. The highest BCUT2D eigenvalue weighted by Gasteiger charge is 2.61. The number of amides is 1. The zero-order chi connectivity index (χ0) is 16.7. The molecule has 1 heterocycles. The Morgan fingerprint density at radius 2 is 2.00 bits per heavy atom. The summed E-state index contributed by atoms with van der Waals surface area (Å²) < 4.78 is 50.1. The standard InChI is InChI=1S/C14H14F4N2OS/c1-7-5-4-6-9(15)10(7)8(2)19-12-20-11(21)13(3,22-12)14(16,17)18/h4-6,8H,1-3H3,(H,19,20,21)/t8-,13?/m0/s1. The smallest absolute Gasteiger partial charge is 0.358 e. The van der Waals surface area contributed by atoms with E-state index in [0.717, 1.165) is 6.92 Å². The van der Waals surface area contributed by atoms with E-state index in [-0.39, 0.29) is 5.17 Å². The maximum Gasteiger partial charge on any atom is 0.412 e. The Kier molecular flexibility index (Phi) is 4.25. The van der Waals surface area contributed by atoms with E-state index in [1.54, 1.807) is 26.0 Å². The highest BCUT2D eigenvalue weighted by atomic mass is 32.2. The van der Waals surface area contributed by atoms with E-state index in [4.69, 9.17) is 0 Å². The summed E-state index contributed by atoms with van der Waals surface area (Å²) in [5.74, 6) is -1.72. The van der Waals surface area contributed by atoms with Crippen LogP contribution in [0.15, 0.2) is 23.2 Å². The monoisotopic (exact) mass is 334 g/mol. The van der Waals surface area contributed by atoms with Crippen molar-refractivity contribution in [2.75, 3.05) is 0 Å². The number of carbonyl (C=O) groups is 1. The van der Waals surface area contributed by atoms with E-state index >= 15 is 0 Å². The predicted molar refractivity (Wildman–Crippen MR) is 77.2 cm³/mol. The molecule has 120 valence electrons. The van der Waals surface area contributed by atoms with Gasteiger partial charge in [-0.05, 0) is 32.4 Å². The number of carbonyl (C=O) groups excluding carboxylic acids is 1. The first kappa shape index (κ1) is 16.8. The molecule has 1 aromatic carbocycles. The fraction of sp³-hybridized carbons (Fsp3) is 0.429. The number of aryl methyl sites for hydroxylation is 1. The molecule has 0 bridgehead atoms. The van der Waals surface area contributed by atoms with Crippen molar-refractivity contribution in [2.45, 2.75) is 37.7 Å². The van der Waals surface area contributed by atoms with Crippen molar-refractivity contribution >= 4 is 22.8 Å². The predicted octanol–water partition coefficient (Wildman–Crippen LogP) is 3.74. The lowest BCUT2D eigenvalue weighted by atomic mass is 10.0. The van der Waals surface area contributed by atoms with Gasteiger partial charge in [0.25, 0.3) is 5.91 Å². The van der Waals surface area contributed by atoms with Crippen molar-refractivity contribution < 1.29 is 22.4 Å². The van der Waals surface area contributed by atoms with Crippen LogP contribution in [-0.2, 0) is 4.79 Å². The lowest BCUT2D eigenvalue weighted by molar-refractivity contribution is -0.165. The van der Waals surface area contributed by atoms with E-state index in [9.17, 15) is 22.4 Å². The Labute approximate surface area is 129 Å². The average Bonchev–Trinajstić information content (AvgIpc) is 2.64. The quantitative estimate of drug-likeness (QED) is 0.838. The Hall–Kier alpha value is -1.57. The Morgan fingerprint density at radius 3 is 2.50 bits per heavy atom. The average molecular weight is 334 g/mol. The van der Waals surface area contributed by atoms with Gasteiger partial charge in [-0.15, -0.1) is 0 Å². The number of hydrogen-bond acceptors (Lipinski definition) is 3. The third-order valence-corrected chi connectivity index (χ3v) is 4.71. The van der Waals surface area contributed by atoms with Gasteiger partial charge in [0.2, 0.25) is 0 Å². The van der Waals surface area contributed by atoms with Gasteiger partial charge in [-0.25, -0.2) is 4.39 Å². The van der Waals surface area contributed by atoms with Gasteiger partial charge in [0, 0.05) is 5.56 Å². The van der Waals surface area contributed by atoms with Gasteiger partial charge in [-0.3, -0.25) is 4.79 Å². The molecule has 22 heavy (non-hydrogen) atoms. The van der Waals surface area contributed by atoms with Crippen molar-refractivity contribution in [1.82, 2.24) is 5.32 Å². The molecule has 8 heteroatoms. The van der Waals surface area contributed by atoms with E-state index in [0.29, 0.717) is 22.9 Å². The first-order valence-electron chi connectivity index (χ1n) is 6.46. The summed E-state index contributed by atoms with van der Waals surface area (Å²) in [5, 5.41) is 2.53. The second kappa shape index (κ2) is 5.57. The molecule has 1 aliphatic rings. The molecule has 3 nitrogen and oxygen atoms in total. The van der Waals surface area contributed by atoms with Gasteiger partial charge in [0.15, 0.2) is 9.91 Å². The fourth-order valence-electron chi connectivity index (χ4n) is 2.15. The number of halogens is 4. The first-order valence-corrected chi connectivity index (χ1v) is 7.28. The summed E-state index contributed by atoms with van der Waals surface area (Å²) >= 11 is 0.305. The summed E-state index contributed by atoms with van der Waals surface area (Å²) in [7, 11) is 0. The van der Waals surface area contributed by atoms with Gasteiger partial charge in [-0.1, -0.05) is 23.9 Å². The molecular formula is C14H14F4N2OS. The molecule has 1 amide bonds. The molecule has 2 rings (SSSR count). The van der Waals surface area contributed by atoms with Crippen molar-refractivity contribution in [3.05, 3.63) is 35.1 Å². The summed E-state index contributed by atoms with van der Waals surface area (Å²) in [5.41, 5.74) is 0.993. The lowest BCUT2D eigenvalue weighted by Crippen LogP contribution is -2.44. The number of amidine groups is 1. The molecule has 0 aliphatic carbocycles. The number of benzene rings is 1. The highest BCUT2D eigenvalue weighted by Crippen LogP contribution is 2.46. The Morgan fingerprint density at radius 1 is 1.36 bits per heavy atom. The summed E-state index contributed by atoms with van der Waals surface area (Å²) in [6.07, 6.45) is -4.71. The largest absolute Gasteiger partial charge is 0.412 e. The van der Waals surface area contributed by atoms with Crippen molar-refractivity contribution in [2.24, 2.45) is 4.99 Å². The molecule has 1 aliphatic heterocycles. The summed E-state index contributed by atoms with van der Waals surface area (Å²) in [6, 6.07) is 3.91. The van der Waals surface area contributed by atoms with Crippen molar-refractivity contribution in [3.8, 4) is 0 Å². The number of nitrogens with one attached hydrogen (secondary N) is 1. The number of thioether (sulfide) groups is 1. The molecule has 0 saturated carbocycles. The molecule has 0 radical (unpaired) electrons. The van der Waals surface area contributed by atoms with E-state index in [1.165, 1.54) is 6.07 Å². The third kappa shape index (κ3) is 2.84. The summed E-state index contributed by atoms with van der Waals surface area (Å²) in [4.78, 5) is 15.0. The molecular weight excluding hydrogens is 320 g/mol. The molecule has 1 unspecified atom stereocenters. The fourth-order valence-corrected chi connectivity index (χ4v) is 3.15. The third-order valence-electron chi connectivity index (χ3n) is 3.50. The Balaban J connectivity index is 2.20. The van der Waals surface area contributed by atoms with Gasteiger partial charge >= 0.3 is 6.18 Å². The number of aliphatic imine (C=N–C) groups is 1. The molecule has 1 aromatic rings. The number of hydrogen-bond donors (Lipinski definition) is 1. The minimum Gasteiger partial charge on any atom is -0.358 e. The SMILES string of the molecule is Cc1cccc(F)c1[C@H](C)NC1=NC(=O)C(C)(C(F)(F)F)S1. The molecule has 0 spiro atoms. The second-order valence-corrected chi connectivity index (χ2v) is 6.60. The van der Waals surface area contributed by atoms with E-state index in [1.807, 2.05) is 0 Å². The maximum atomic E-state index is 13.9. The molecule has 0 aromatic heterocycles. The first-order chi connectivity index (χ1) is 10.1. The van der Waals surface area contributed by atoms with Crippen LogP contribution in [0.4, 0.5) is 17.6 Å². The van der Waals surface area contributed by atoms with Crippen LogP contribution >= 0.6 is 11.8 Å². The number of rotatable bonds is 2. The van der Waals surface area contributed by atoms with Crippen molar-refractivity contribution in [3.63, 3.8) is 0 Å². The minimum absolute atomic E-state index is 0.153. The molecule has 0 saturated heterocycles. The van der Waals surface area contributed by atoms with Gasteiger partial charge in [0.05, 0.1) is 6.04 Å². The van der Waals surface area contributed by atoms with Gasteiger partial charge < -0.3 is 5.32 Å². The lowest BCUT2D eigenvalue weighted by Gasteiger charge is -2.24. The zero-order valence-electron chi connectivity index (χ0n) is 12.1. The van der Waals surface area contributed by atoms with Crippen LogP contribution in [0.25, 0.3) is 0 Å². The zero-order valence-corrected chi connectivity index (χ0v) is 12.9. The van der Waals surface area contributed by atoms with E-state index < -0.39 is 28.7 Å². The van der Waals surface area contributed by atoms with E-state index in [2.05, 4.69) is 10.3 Å². The van der Waals surface area contributed by atoms with Crippen LogP contribution < -0.4 is 5.32 Å². The van der Waals surface area contributed by atoms with Crippen LogP contribution in [0.3, 0.4) is 0 Å². The van der Waals surface area contributed by atoms with Gasteiger partial charge in [-0.2, -0.15) is 18.2 Å². The van der Waals surface area contributed by atoms with Crippen LogP contribution in [-0.4, -0.2) is 22.0 Å². The van der Waals surface area contributed by atoms with Crippen LogP contribution in [0.5, 0.6) is 0 Å². The molecule has 2 atom stereocenters. The number of alkyl halides is 3. The second-order valence-electron chi connectivity index (χ2n) is 5.19. The number of nitrogens with zero attached hydrogens (tertiary/aromatic N) is 1. The maximum absolute atomic E-state index is 13.9. The normalized spacial score (nSPS) is 23.4. The Bertz CT molecular complexity index is 624.